The molecule has 0 bridgehead atoms. The summed E-state index contributed by atoms with van der Waals surface area (Å²) in [5.41, 5.74) is 1.03. The van der Waals surface area contributed by atoms with Crippen LogP contribution in [0.1, 0.15) is 18.1 Å². The van der Waals surface area contributed by atoms with E-state index in [0.717, 1.165) is 16.6 Å². The molecular formula is C13H13ClN2O2. The summed E-state index contributed by atoms with van der Waals surface area (Å²) < 4.78 is 1.10. The van der Waals surface area contributed by atoms with E-state index in [1.54, 1.807) is 13.0 Å². The number of nitrogens with one attached hydrogen (secondary N) is 1. The zero-order valence-electron chi connectivity index (χ0n) is 10.2. The maximum Gasteiger partial charge on any atom is 0.334 e. The second kappa shape index (κ2) is 4.82. The normalized spacial score (nSPS) is 10.6. The molecule has 1 aromatic heterocycles. The fourth-order valence-electron chi connectivity index (χ4n) is 1.75. The molecule has 18 heavy (non-hydrogen) atoms. The summed E-state index contributed by atoms with van der Waals surface area (Å²) in [6, 6.07) is 7.32. The highest BCUT2D eigenvalue weighted by atomic mass is 35.5. The fraction of sp³-hybridized carbons (Fsp3) is 0.231. The third-order valence-electron chi connectivity index (χ3n) is 2.85. The van der Waals surface area contributed by atoms with Gasteiger partial charge in [-0.25, -0.2) is 9.36 Å². The first kappa shape index (κ1) is 12.6. The van der Waals surface area contributed by atoms with Crippen molar-refractivity contribution in [2.24, 2.45) is 0 Å². The Bertz CT molecular complexity index is 701. The molecule has 5 heteroatoms. The van der Waals surface area contributed by atoms with Crippen molar-refractivity contribution in [2.75, 3.05) is 0 Å². The molecule has 0 aliphatic carbocycles. The molecule has 94 valence electrons. The van der Waals surface area contributed by atoms with Crippen molar-refractivity contribution >= 4 is 11.6 Å². The van der Waals surface area contributed by atoms with Crippen LogP contribution in [0, 0.1) is 6.92 Å². The first-order valence-electron chi connectivity index (χ1n) is 5.65. The van der Waals surface area contributed by atoms with Crippen LogP contribution in [0.4, 0.5) is 0 Å². The fourth-order valence-corrected chi connectivity index (χ4v) is 1.91. The molecule has 0 aliphatic heterocycles. The standard InChI is InChI=1S/C13H13ClN2O2/c1-3-9-5-4-6-10(7-9)16-12(17)8(2)11(14)15-13(16)18/h4-7H,3H2,1-2H3,(H,15,18). The number of H-pyrrole nitrogens is 1. The first-order valence-corrected chi connectivity index (χ1v) is 6.03. The number of hydrogen-bond acceptors (Lipinski definition) is 2. The van der Waals surface area contributed by atoms with E-state index in [2.05, 4.69) is 4.98 Å². The van der Waals surface area contributed by atoms with Crippen molar-refractivity contribution < 1.29 is 0 Å². The van der Waals surface area contributed by atoms with Gasteiger partial charge in [-0.2, -0.15) is 0 Å². The van der Waals surface area contributed by atoms with Gasteiger partial charge in [0, 0.05) is 0 Å². The molecule has 0 spiro atoms. The van der Waals surface area contributed by atoms with E-state index >= 15 is 0 Å². The Kier molecular flexibility index (Phi) is 3.39. The average molecular weight is 265 g/mol. The predicted octanol–water partition coefficient (Wildman–Crippen LogP) is 2.05. The molecule has 0 aliphatic rings. The molecule has 0 amide bonds. The average Bonchev–Trinajstić information content (AvgIpc) is 2.36. The molecule has 0 fully saturated rings. The van der Waals surface area contributed by atoms with Crippen LogP contribution in [0.5, 0.6) is 0 Å². The van der Waals surface area contributed by atoms with Gasteiger partial charge in [0.2, 0.25) is 0 Å². The van der Waals surface area contributed by atoms with Crippen molar-refractivity contribution in [1.29, 1.82) is 0 Å². The van der Waals surface area contributed by atoms with Crippen LogP contribution < -0.4 is 11.2 Å². The summed E-state index contributed by atoms with van der Waals surface area (Å²) in [7, 11) is 0. The summed E-state index contributed by atoms with van der Waals surface area (Å²) in [5, 5.41) is 0.0906. The van der Waals surface area contributed by atoms with Crippen LogP contribution in [0.2, 0.25) is 5.15 Å². The molecule has 4 nitrogen and oxygen atoms in total. The van der Waals surface area contributed by atoms with Crippen LogP contribution in [0.15, 0.2) is 33.9 Å². The molecule has 0 unspecified atom stereocenters. The van der Waals surface area contributed by atoms with Crippen molar-refractivity contribution in [3.8, 4) is 5.69 Å². The molecule has 0 radical (unpaired) electrons. The summed E-state index contributed by atoms with van der Waals surface area (Å²) in [6.45, 7) is 3.60. The number of halogens is 1. The van der Waals surface area contributed by atoms with Crippen LogP contribution in [0.25, 0.3) is 5.69 Å². The van der Waals surface area contributed by atoms with E-state index in [-0.39, 0.29) is 5.15 Å². The predicted molar refractivity (Wildman–Crippen MR) is 71.8 cm³/mol. The largest absolute Gasteiger partial charge is 0.334 e. The maximum atomic E-state index is 12.1. The smallest absolute Gasteiger partial charge is 0.297 e. The summed E-state index contributed by atoms with van der Waals surface area (Å²) in [4.78, 5) is 26.4. The lowest BCUT2D eigenvalue weighted by Crippen LogP contribution is -2.35. The molecule has 2 rings (SSSR count). The Morgan fingerprint density at radius 2 is 2.06 bits per heavy atom. The Morgan fingerprint density at radius 1 is 1.33 bits per heavy atom. The van der Waals surface area contributed by atoms with Gasteiger partial charge in [0.1, 0.15) is 5.15 Å². The van der Waals surface area contributed by atoms with Gasteiger partial charge in [-0.05, 0) is 31.0 Å². The lowest BCUT2D eigenvalue weighted by molar-refractivity contribution is 0.857. The van der Waals surface area contributed by atoms with Crippen molar-refractivity contribution in [1.82, 2.24) is 9.55 Å². The Balaban J connectivity index is 2.75. The topological polar surface area (TPSA) is 54.9 Å². The van der Waals surface area contributed by atoms with Gasteiger partial charge < -0.3 is 0 Å². The SMILES string of the molecule is CCc1cccc(-n2c(=O)[nH]c(Cl)c(C)c2=O)c1. The van der Waals surface area contributed by atoms with Crippen molar-refractivity contribution in [2.45, 2.75) is 20.3 Å². The Hall–Kier alpha value is -1.81. The van der Waals surface area contributed by atoms with E-state index in [1.807, 2.05) is 25.1 Å². The minimum atomic E-state index is -0.524. The number of aryl methyl sites for hydroxylation is 1. The second-order valence-electron chi connectivity index (χ2n) is 4.03. The minimum absolute atomic E-state index is 0.0906. The van der Waals surface area contributed by atoms with Gasteiger partial charge in [-0.1, -0.05) is 30.7 Å². The molecule has 0 saturated heterocycles. The minimum Gasteiger partial charge on any atom is -0.297 e. The number of aromatic nitrogens is 2. The maximum absolute atomic E-state index is 12.1. The number of benzene rings is 1. The van der Waals surface area contributed by atoms with Gasteiger partial charge in [-0.15, -0.1) is 0 Å². The van der Waals surface area contributed by atoms with Crippen molar-refractivity contribution in [3.05, 3.63) is 61.4 Å². The van der Waals surface area contributed by atoms with Crippen LogP contribution in [-0.4, -0.2) is 9.55 Å². The third kappa shape index (κ3) is 2.11. The van der Waals surface area contributed by atoms with Gasteiger partial charge >= 0.3 is 5.69 Å². The molecule has 2 aromatic rings. The van der Waals surface area contributed by atoms with Crippen LogP contribution in [0.3, 0.4) is 0 Å². The Morgan fingerprint density at radius 3 is 2.72 bits per heavy atom. The Labute approximate surface area is 109 Å². The molecule has 0 saturated carbocycles. The van der Waals surface area contributed by atoms with E-state index in [1.165, 1.54) is 0 Å². The second-order valence-corrected chi connectivity index (χ2v) is 4.41. The van der Waals surface area contributed by atoms with Crippen LogP contribution in [-0.2, 0) is 6.42 Å². The quantitative estimate of drug-likeness (QED) is 0.844. The number of hydrogen-bond donors (Lipinski definition) is 1. The van der Waals surface area contributed by atoms with E-state index in [9.17, 15) is 9.59 Å². The number of aromatic amines is 1. The molecule has 1 aromatic carbocycles. The third-order valence-corrected chi connectivity index (χ3v) is 3.23. The molecular weight excluding hydrogens is 252 g/mol. The zero-order valence-corrected chi connectivity index (χ0v) is 10.9. The van der Waals surface area contributed by atoms with E-state index in [4.69, 9.17) is 11.6 Å². The molecule has 1 N–H and O–H groups in total. The zero-order chi connectivity index (χ0) is 13.3. The number of rotatable bonds is 2. The van der Waals surface area contributed by atoms with E-state index < -0.39 is 11.2 Å². The number of nitrogens with zero attached hydrogens (tertiary/aromatic N) is 1. The van der Waals surface area contributed by atoms with Crippen molar-refractivity contribution in [3.63, 3.8) is 0 Å². The monoisotopic (exact) mass is 264 g/mol. The van der Waals surface area contributed by atoms with Crippen LogP contribution >= 0.6 is 11.6 Å². The summed E-state index contributed by atoms with van der Waals surface area (Å²) in [6.07, 6.45) is 0.840. The van der Waals surface area contributed by atoms with Gasteiger partial charge in [0.25, 0.3) is 5.56 Å². The lowest BCUT2D eigenvalue weighted by Gasteiger charge is -2.07. The highest BCUT2D eigenvalue weighted by Gasteiger charge is 2.10. The van der Waals surface area contributed by atoms with Gasteiger partial charge in [0.15, 0.2) is 0 Å². The summed E-state index contributed by atoms with van der Waals surface area (Å²) >= 11 is 5.77. The highest BCUT2D eigenvalue weighted by Crippen LogP contribution is 2.09. The lowest BCUT2D eigenvalue weighted by atomic mass is 10.1. The molecule has 1 heterocycles. The van der Waals surface area contributed by atoms with Gasteiger partial charge in [0.05, 0.1) is 11.3 Å². The summed E-state index contributed by atoms with van der Waals surface area (Å²) in [5.74, 6) is 0. The van der Waals surface area contributed by atoms with E-state index in [0.29, 0.717) is 11.3 Å². The van der Waals surface area contributed by atoms with Gasteiger partial charge in [-0.3, -0.25) is 9.78 Å². The first-order chi connectivity index (χ1) is 8.54. The molecule has 0 atom stereocenters. The highest BCUT2D eigenvalue weighted by molar-refractivity contribution is 6.30.